The van der Waals surface area contributed by atoms with Gasteiger partial charge in [-0.3, -0.25) is 4.79 Å². The van der Waals surface area contributed by atoms with Crippen LogP contribution >= 0.6 is 15.9 Å². The van der Waals surface area contributed by atoms with E-state index in [1.54, 1.807) is 12.1 Å². The van der Waals surface area contributed by atoms with Crippen LogP contribution in [0.5, 0.6) is 5.75 Å². The van der Waals surface area contributed by atoms with Gasteiger partial charge in [0.25, 0.3) is 0 Å². The Morgan fingerprint density at radius 2 is 1.46 bits per heavy atom. The van der Waals surface area contributed by atoms with Crippen LogP contribution in [0.1, 0.15) is 18.5 Å². The van der Waals surface area contributed by atoms with E-state index in [9.17, 15) is 4.79 Å². The molecule has 0 unspecified atom stereocenters. The summed E-state index contributed by atoms with van der Waals surface area (Å²) in [6.45, 7) is 1.88. The number of nitrogens with one attached hydrogen (secondary N) is 1. The van der Waals surface area contributed by atoms with E-state index in [1.807, 2.05) is 79.7 Å². The summed E-state index contributed by atoms with van der Waals surface area (Å²) in [7, 11) is 0. The second-order valence-corrected chi connectivity index (χ2v) is 6.98. The molecule has 0 aliphatic carbocycles. The third kappa shape index (κ3) is 4.73. The quantitative estimate of drug-likeness (QED) is 0.410. The van der Waals surface area contributed by atoms with Gasteiger partial charge in [-0.1, -0.05) is 64.5 Å². The van der Waals surface area contributed by atoms with Gasteiger partial charge in [-0.25, -0.2) is 0 Å². The summed E-state index contributed by atoms with van der Waals surface area (Å²) in [6.07, 6.45) is 0. The Kier molecular flexibility index (Phi) is 6.08. The lowest BCUT2D eigenvalue weighted by Crippen LogP contribution is -2.28. The van der Waals surface area contributed by atoms with E-state index in [4.69, 9.17) is 4.74 Å². The molecule has 1 N–H and O–H groups in total. The molecule has 0 bridgehead atoms. The van der Waals surface area contributed by atoms with Gasteiger partial charge in [-0.15, -0.1) is 0 Å². The maximum atomic E-state index is 12.7. The summed E-state index contributed by atoms with van der Waals surface area (Å²) in [6, 6.07) is 26.8. The molecule has 0 radical (unpaired) electrons. The monoisotopic (exact) mass is 409 g/mol. The van der Waals surface area contributed by atoms with Crippen LogP contribution in [-0.4, -0.2) is 5.97 Å². The number of rotatable bonds is 6. The Balaban J connectivity index is 1.82. The summed E-state index contributed by atoms with van der Waals surface area (Å²) >= 11 is 3.44. The minimum Gasteiger partial charge on any atom is -0.426 e. The Morgan fingerprint density at radius 1 is 0.885 bits per heavy atom. The van der Waals surface area contributed by atoms with E-state index >= 15 is 0 Å². The summed E-state index contributed by atoms with van der Waals surface area (Å²) in [4.78, 5) is 12.7. The van der Waals surface area contributed by atoms with Crippen molar-refractivity contribution in [1.82, 2.24) is 0 Å². The Hall–Kier alpha value is -2.59. The Bertz CT molecular complexity index is 835. The molecule has 3 nitrogen and oxygen atoms in total. The van der Waals surface area contributed by atoms with Crippen molar-refractivity contribution in [2.24, 2.45) is 5.92 Å². The average molecular weight is 410 g/mol. The Morgan fingerprint density at radius 3 is 2.08 bits per heavy atom. The lowest BCUT2D eigenvalue weighted by molar-refractivity contribution is -0.138. The maximum Gasteiger partial charge on any atom is 0.316 e. The number of carbonyl (C=O) groups excluding carboxylic acids is 1. The smallest absolute Gasteiger partial charge is 0.316 e. The van der Waals surface area contributed by atoms with E-state index in [0.717, 1.165) is 15.7 Å². The maximum absolute atomic E-state index is 12.7. The lowest BCUT2D eigenvalue weighted by atomic mass is 9.94. The van der Waals surface area contributed by atoms with Crippen molar-refractivity contribution in [2.75, 3.05) is 5.32 Å². The fraction of sp³-hybridized carbons (Fsp3) is 0.136. The van der Waals surface area contributed by atoms with Gasteiger partial charge in [-0.2, -0.15) is 0 Å². The van der Waals surface area contributed by atoms with E-state index in [2.05, 4.69) is 21.2 Å². The van der Waals surface area contributed by atoms with Gasteiger partial charge in [0.1, 0.15) is 5.75 Å². The zero-order chi connectivity index (χ0) is 18.4. The number of ether oxygens (including phenoxy) is 1. The number of benzene rings is 3. The van der Waals surface area contributed by atoms with Crippen molar-refractivity contribution >= 4 is 27.6 Å². The molecule has 0 fully saturated rings. The van der Waals surface area contributed by atoms with Crippen molar-refractivity contribution in [3.05, 3.63) is 95.0 Å². The van der Waals surface area contributed by atoms with Crippen molar-refractivity contribution in [3.8, 4) is 5.75 Å². The molecule has 3 aromatic rings. The van der Waals surface area contributed by atoms with Crippen LogP contribution in [0.25, 0.3) is 0 Å². The molecule has 132 valence electrons. The topological polar surface area (TPSA) is 38.3 Å². The van der Waals surface area contributed by atoms with Crippen molar-refractivity contribution in [1.29, 1.82) is 0 Å². The number of hydrogen-bond donors (Lipinski definition) is 1. The number of hydrogen-bond acceptors (Lipinski definition) is 3. The highest BCUT2D eigenvalue weighted by Crippen LogP contribution is 2.29. The standard InChI is InChI=1S/C22H20BrNO2/c1-16(22(25)26-20-10-6-3-7-11-20)21(17-8-4-2-5-9-17)24-19-14-12-18(23)13-15-19/h2-16,21,24H,1H3/t16-,21-/m0/s1. The molecule has 0 amide bonds. The number of carbonyl (C=O) groups is 1. The molecular formula is C22H20BrNO2. The van der Waals surface area contributed by atoms with Crippen LogP contribution < -0.4 is 10.1 Å². The largest absolute Gasteiger partial charge is 0.426 e. The first kappa shape index (κ1) is 18.2. The third-order valence-electron chi connectivity index (χ3n) is 4.16. The van der Waals surface area contributed by atoms with E-state index in [-0.39, 0.29) is 17.9 Å². The highest BCUT2D eigenvalue weighted by atomic mass is 79.9. The molecule has 26 heavy (non-hydrogen) atoms. The molecule has 3 aromatic carbocycles. The van der Waals surface area contributed by atoms with Gasteiger partial charge in [0, 0.05) is 10.2 Å². The van der Waals surface area contributed by atoms with Crippen LogP contribution in [0, 0.1) is 5.92 Å². The minimum absolute atomic E-state index is 0.200. The summed E-state index contributed by atoms with van der Waals surface area (Å²) < 4.78 is 6.56. The molecule has 3 rings (SSSR count). The number of esters is 1. The normalized spacial score (nSPS) is 12.8. The molecule has 0 aliphatic heterocycles. The zero-order valence-corrected chi connectivity index (χ0v) is 16.0. The summed E-state index contributed by atoms with van der Waals surface area (Å²) in [5, 5.41) is 3.47. The zero-order valence-electron chi connectivity index (χ0n) is 14.4. The van der Waals surface area contributed by atoms with E-state index in [1.165, 1.54) is 0 Å². The predicted molar refractivity (Wildman–Crippen MR) is 108 cm³/mol. The lowest BCUT2D eigenvalue weighted by Gasteiger charge is -2.25. The molecule has 0 spiro atoms. The second-order valence-electron chi connectivity index (χ2n) is 6.06. The number of para-hydroxylation sites is 1. The summed E-state index contributed by atoms with van der Waals surface area (Å²) in [5.74, 6) is -0.0873. The second kappa shape index (κ2) is 8.68. The van der Waals surface area contributed by atoms with Gasteiger partial charge in [-0.05, 0) is 48.9 Å². The summed E-state index contributed by atoms with van der Waals surface area (Å²) in [5.41, 5.74) is 1.98. The number of anilines is 1. The van der Waals surface area contributed by atoms with Crippen LogP contribution in [0.3, 0.4) is 0 Å². The molecule has 2 atom stereocenters. The molecule has 0 saturated carbocycles. The van der Waals surface area contributed by atoms with Crippen molar-refractivity contribution in [3.63, 3.8) is 0 Å². The Labute approximate surface area is 162 Å². The van der Waals surface area contributed by atoms with E-state index < -0.39 is 0 Å². The number of halogens is 1. The van der Waals surface area contributed by atoms with Crippen LogP contribution in [0.4, 0.5) is 5.69 Å². The third-order valence-corrected chi connectivity index (χ3v) is 4.69. The first-order valence-electron chi connectivity index (χ1n) is 8.47. The van der Waals surface area contributed by atoms with Gasteiger partial charge in [0.05, 0.1) is 12.0 Å². The first-order valence-corrected chi connectivity index (χ1v) is 9.26. The highest BCUT2D eigenvalue weighted by Gasteiger charge is 2.27. The van der Waals surface area contributed by atoms with Crippen LogP contribution in [-0.2, 0) is 4.79 Å². The van der Waals surface area contributed by atoms with Gasteiger partial charge in [0.2, 0.25) is 0 Å². The van der Waals surface area contributed by atoms with Crippen molar-refractivity contribution in [2.45, 2.75) is 13.0 Å². The molecule has 4 heteroatoms. The van der Waals surface area contributed by atoms with Gasteiger partial charge in [0.15, 0.2) is 0 Å². The van der Waals surface area contributed by atoms with Gasteiger partial charge < -0.3 is 10.1 Å². The van der Waals surface area contributed by atoms with Crippen LogP contribution in [0.2, 0.25) is 0 Å². The average Bonchev–Trinajstić information content (AvgIpc) is 2.68. The van der Waals surface area contributed by atoms with E-state index in [0.29, 0.717) is 5.75 Å². The molecule has 0 aromatic heterocycles. The SMILES string of the molecule is C[C@H](C(=O)Oc1ccccc1)[C@H](Nc1ccc(Br)cc1)c1ccccc1. The fourth-order valence-corrected chi connectivity index (χ4v) is 2.98. The molecule has 0 aliphatic rings. The minimum atomic E-state index is -0.374. The molecule has 0 saturated heterocycles. The highest BCUT2D eigenvalue weighted by molar-refractivity contribution is 9.10. The fourth-order valence-electron chi connectivity index (χ4n) is 2.72. The van der Waals surface area contributed by atoms with Gasteiger partial charge >= 0.3 is 5.97 Å². The molecular weight excluding hydrogens is 390 g/mol. The first-order chi connectivity index (χ1) is 12.6. The van der Waals surface area contributed by atoms with Crippen LogP contribution in [0.15, 0.2) is 89.4 Å². The predicted octanol–water partition coefficient (Wildman–Crippen LogP) is 5.84. The molecule has 0 heterocycles. The van der Waals surface area contributed by atoms with Crippen molar-refractivity contribution < 1.29 is 9.53 Å².